The Morgan fingerprint density at radius 2 is 1.79 bits per heavy atom. The first kappa shape index (κ1) is 18.0. The molecule has 126 valence electrons. The van der Waals surface area contributed by atoms with Gasteiger partial charge in [-0.25, -0.2) is 4.79 Å². The number of anilines is 1. The minimum absolute atomic E-state index is 0.336. The summed E-state index contributed by atoms with van der Waals surface area (Å²) < 4.78 is 10.8. The summed E-state index contributed by atoms with van der Waals surface area (Å²) in [4.78, 5) is 24.0. The van der Waals surface area contributed by atoms with Crippen LogP contribution in [0.1, 0.15) is 21.5 Å². The number of para-hydroxylation sites is 1. The zero-order valence-corrected chi connectivity index (χ0v) is 15.3. The lowest BCUT2D eigenvalue weighted by Crippen LogP contribution is -2.21. The van der Waals surface area contributed by atoms with Crippen LogP contribution < -0.4 is 10.1 Å². The van der Waals surface area contributed by atoms with Crippen molar-refractivity contribution in [3.8, 4) is 5.75 Å². The molecule has 2 aromatic carbocycles. The number of ether oxygens (including phenoxy) is 2. The molecule has 6 heteroatoms. The summed E-state index contributed by atoms with van der Waals surface area (Å²) in [5, 5.41) is 2.77. The first-order valence-electron chi connectivity index (χ1n) is 7.29. The Labute approximate surface area is 149 Å². The highest BCUT2D eigenvalue weighted by molar-refractivity contribution is 9.10. The normalized spacial score (nSPS) is 10.2. The summed E-state index contributed by atoms with van der Waals surface area (Å²) in [7, 11) is 1.54. The van der Waals surface area contributed by atoms with E-state index in [9.17, 15) is 9.59 Å². The van der Waals surface area contributed by atoms with Crippen LogP contribution in [-0.4, -0.2) is 25.6 Å². The molecule has 1 amide bonds. The van der Waals surface area contributed by atoms with Gasteiger partial charge < -0.3 is 14.8 Å². The highest BCUT2D eigenvalue weighted by Gasteiger charge is 2.13. The van der Waals surface area contributed by atoms with Crippen LogP contribution in [0.4, 0.5) is 5.69 Å². The van der Waals surface area contributed by atoms with E-state index < -0.39 is 5.97 Å². The Hall–Kier alpha value is -2.34. The molecule has 2 aromatic rings. The van der Waals surface area contributed by atoms with Crippen molar-refractivity contribution in [3.05, 3.63) is 57.6 Å². The van der Waals surface area contributed by atoms with Gasteiger partial charge in [-0.2, -0.15) is 0 Å². The van der Waals surface area contributed by atoms with Gasteiger partial charge in [0, 0.05) is 5.69 Å². The smallest absolute Gasteiger partial charge is 0.338 e. The molecule has 24 heavy (non-hydrogen) atoms. The maximum absolute atomic E-state index is 12.0. The predicted molar refractivity (Wildman–Crippen MR) is 95.5 cm³/mol. The first-order valence-corrected chi connectivity index (χ1v) is 8.08. The molecule has 0 aliphatic carbocycles. The average molecular weight is 392 g/mol. The second-order valence-corrected chi connectivity index (χ2v) is 6.09. The SMILES string of the molecule is COc1ccc(C(=O)OCC(=O)Nc2c(C)cccc2C)cc1Br. The molecule has 2 rings (SSSR count). The second kappa shape index (κ2) is 7.97. The molecule has 0 aliphatic rings. The number of carbonyl (C=O) groups is 2. The zero-order chi connectivity index (χ0) is 17.7. The van der Waals surface area contributed by atoms with Crippen molar-refractivity contribution in [1.82, 2.24) is 0 Å². The lowest BCUT2D eigenvalue weighted by Gasteiger charge is -2.12. The fourth-order valence-electron chi connectivity index (χ4n) is 2.19. The molecular formula is C18H18BrNO4. The van der Waals surface area contributed by atoms with E-state index in [1.54, 1.807) is 18.2 Å². The third-order valence-electron chi connectivity index (χ3n) is 3.47. The number of hydrogen-bond acceptors (Lipinski definition) is 4. The van der Waals surface area contributed by atoms with Gasteiger partial charge in [0.25, 0.3) is 5.91 Å². The lowest BCUT2D eigenvalue weighted by molar-refractivity contribution is -0.119. The molecule has 0 atom stereocenters. The Morgan fingerprint density at radius 3 is 2.38 bits per heavy atom. The van der Waals surface area contributed by atoms with Crippen LogP contribution in [0, 0.1) is 13.8 Å². The van der Waals surface area contributed by atoms with E-state index in [0.717, 1.165) is 16.8 Å². The maximum atomic E-state index is 12.0. The van der Waals surface area contributed by atoms with Crippen LogP contribution in [0.15, 0.2) is 40.9 Å². The zero-order valence-electron chi connectivity index (χ0n) is 13.7. The molecule has 0 fully saturated rings. The molecule has 0 saturated heterocycles. The van der Waals surface area contributed by atoms with Crippen molar-refractivity contribution in [1.29, 1.82) is 0 Å². The average Bonchev–Trinajstić information content (AvgIpc) is 2.56. The Bertz CT molecular complexity index is 753. The van der Waals surface area contributed by atoms with Crippen molar-refractivity contribution in [2.24, 2.45) is 0 Å². The molecule has 5 nitrogen and oxygen atoms in total. The van der Waals surface area contributed by atoms with E-state index in [1.165, 1.54) is 7.11 Å². The summed E-state index contributed by atoms with van der Waals surface area (Å²) in [5.74, 6) is -0.345. The van der Waals surface area contributed by atoms with Crippen LogP contribution in [0.2, 0.25) is 0 Å². The van der Waals surface area contributed by atoms with Crippen molar-refractivity contribution in [3.63, 3.8) is 0 Å². The highest BCUT2D eigenvalue weighted by Crippen LogP contribution is 2.25. The van der Waals surface area contributed by atoms with Crippen LogP contribution in [0.25, 0.3) is 0 Å². The van der Waals surface area contributed by atoms with Crippen LogP contribution in [-0.2, 0) is 9.53 Å². The van der Waals surface area contributed by atoms with Crippen molar-refractivity contribution in [2.45, 2.75) is 13.8 Å². The van der Waals surface area contributed by atoms with E-state index >= 15 is 0 Å². The Kier molecular flexibility index (Phi) is 5.98. The van der Waals surface area contributed by atoms with Gasteiger partial charge in [-0.3, -0.25) is 4.79 Å². The molecule has 0 heterocycles. The van der Waals surface area contributed by atoms with E-state index in [0.29, 0.717) is 15.8 Å². The predicted octanol–water partition coefficient (Wildman–Crippen LogP) is 3.87. The number of rotatable bonds is 5. The number of halogens is 1. The fraction of sp³-hybridized carbons (Fsp3) is 0.222. The van der Waals surface area contributed by atoms with Gasteiger partial charge in [0.2, 0.25) is 0 Å². The van der Waals surface area contributed by atoms with E-state index in [4.69, 9.17) is 9.47 Å². The molecule has 0 saturated carbocycles. The number of amides is 1. The largest absolute Gasteiger partial charge is 0.496 e. The monoisotopic (exact) mass is 391 g/mol. The van der Waals surface area contributed by atoms with E-state index in [1.807, 2.05) is 32.0 Å². The van der Waals surface area contributed by atoms with E-state index in [2.05, 4.69) is 21.2 Å². The quantitative estimate of drug-likeness (QED) is 0.785. The van der Waals surface area contributed by atoms with Crippen LogP contribution >= 0.6 is 15.9 Å². The highest BCUT2D eigenvalue weighted by atomic mass is 79.9. The van der Waals surface area contributed by atoms with E-state index in [-0.39, 0.29) is 12.5 Å². The molecule has 0 aromatic heterocycles. The maximum Gasteiger partial charge on any atom is 0.338 e. The third-order valence-corrected chi connectivity index (χ3v) is 4.09. The molecule has 0 radical (unpaired) electrons. The van der Waals surface area contributed by atoms with Gasteiger partial charge in [0.1, 0.15) is 5.75 Å². The van der Waals surface area contributed by atoms with Gasteiger partial charge in [0.05, 0.1) is 17.1 Å². The molecule has 0 aliphatic heterocycles. The number of carbonyl (C=O) groups excluding carboxylic acids is 2. The van der Waals surface area contributed by atoms with Gasteiger partial charge in [-0.15, -0.1) is 0 Å². The number of hydrogen-bond donors (Lipinski definition) is 1. The number of benzene rings is 2. The number of esters is 1. The molecule has 0 spiro atoms. The van der Waals surface area contributed by atoms with Crippen LogP contribution in [0.5, 0.6) is 5.75 Å². The molecule has 1 N–H and O–H groups in total. The minimum Gasteiger partial charge on any atom is -0.496 e. The topological polar surface area (TPSA) is 64.6 Å². The van der Waals surface area contributed by atoms with Crippen molar-refractivity contribution >= 4 is 33.5 Å². The molecule has 0 bridgehead atoms. The van der Waals surface area contributed by atoms with Gasteiger partial charge >= 0.3 is 5.97 Å². The third kappa shape index (κ3) is 4.35. The number of aryl methyl sites for hydroxylation is 2. The van der Waals surface area contributed by atoms with Gasteiger partial charge in [-0.1, -0.05) is 18.2 Å². The Balaban J connectivity index is 1.96. The number of methoxy groups -OCH3 is 1. The summed E-state index contributed by atoms with van der Waals surface area (Å²) in [6, 6.07) is 10.5. The number of nitrogens with one attached hydrogen (secondary N) is 1. The fourth-order valence-corrected chi connectivity index (χ4v) is 2.74. The summed E-state index contributed by atoms with van der Waals surface area (Å²) >= 11 is 3.30. The van der Waals surface area contributed by atoms with Gasteiger partial charge in [0.15, 0.2) is 6.61 Å². The summed E-state index contributed by atoms with van der Waals surface area (Å²) in [5.41, 5.74) is 2.98. The lowest BCUT2D eigenvalue weighted by atomic mass is 10.1. The summed E-state index contributed by atoms with van der Waals surface area (Å²) in [6.45, 7) is 3.46. The Morgan fingerprint density at radius 1 is 1.12 bits per heavy atom. The minimum atomic E-state index is -0.574. The summed E-state index contributed by atoms with van der Waals surface area (Å²) in [6.07, 6.45) is 0. The van der Waals surface area contributed by atoms with Crippen molar-refractivity contribution < 1.29 is 19.1 Å². The second-order valence-electron chi connectivity index (χ2n) is 5.24. The van der Waals surface area contributed by atoms with Gasteiger partial charge in [-0.05, 0) is 59.1 Å². The van der Waals surface area contributed by atoms with Crippen LogP contribution in [0.3, 0.4) is 0 Å². The molecule has 0 unspecified atom stereocenters. The molecular weight excluding hydrogens is 374 g/mol. The standard InChI is InChI=1S/C18H18BrNO4/c1-11-5-4-6-12(2)17(11)20-16(21)10-24-18(22)13-7-8-15(23-3)14(19)9-13/h4-9H,10H2,1-3H3,(H,20,21). The van der Waals surface area contributed by atoms with Crippen molar-refractivity contribution in [2.75, 3.05) is 19.0 Å². The first-order chi connectivity index (χ1) is 11.4.